The highest BCUT2D eigenvalue weighted by atomic mass is 16.3. The average Bonchev–Trinajstić information content (AvgIpc) is 3.31. The molecule has 26 heavy (non-hydrogen) atoms. The molecule has 0 atom stereocenters. The molecule has 7 heteroatoms. The fourth-order valence-electron chi connectivity index (χ4n) is 2.69. The van der Waals surface area contributed by atoms with Gasteiger partial charge < -0.3 is 15.0 Å². The van der Waals surface area contributed by atoms with Crippen LogP contribution in [0.15, 0.2) is 54.9 Å². The van der Waals surface area contributed by atoms with Crippen LogP contribution in [0.5, 0.6) is 0 Å². The largest absolute Gasteiger partial charge is 0.395 e. The number of nitriles is 1. The van der Waals surface area contributed by atoms with Crippen LogP contribution < -0.4 is 0 Å². The molecule has 0 fully saturated rings. The van der Waals surface area contributed by atoms with Gasteiger partial charge in [-0.2, -0.15) is 10.4 Å². The van der Waals surface area contributed by atoms with Crippen molar-refractivity contribution in [1.29, 1.82) is 5.26 Å². The Morgan fingerprint density at radius 2 is 2.04 bits per heavy atom. The molecule has 3 rings (SSSR count). The Morgan fingerprint density at radius 1 is 1.23 bits per heavy atom. The number of carbonyl (C=O) groups excluding carboxylic acids is 1. The highest BCUT2D eigenvalue weighted by Crippen LogP contribution is 2.11. The van der Waals surface area contributed by atoms with Crippen LogP contribution in [-0.2, 0) is 13.1 Å². The summed E-state index contributed by atoms with van der Waals surface area (Å²) in [6.45, 7) is 1.03. The monoisotopic (exact) mass is 349 g/mol. The standard InChI is InChI=1S/C19H19N5O2/c20-10-17-6-7-18(22-17)19(26)23(8-9-25)12-16-11-21-24(14-16)13-15-4-2-1-3-5-15/h1-7,11,14,22,25H,8-9,12-13H2. The highest BCUT2D eigenvalue weighted by molar-refractivity contribution is 5.92. The summed E-state index contributed by atoms with van der Waals surface area (Å²) in [6.07, 6.45) is 3.61. The normalized spacial score (nSPS) is 10.5. The van der Waals surface area contributed by atoms with E-state index in [2.05, 4.69) is 10.1 Å². The first-order valence-electron chi connectivity index (χ1n) is 8.24. The van der Waals surface area contributed by atoms with Crippen molar-refractivity contribution in [2.24, 2.45) is 0 Å². The number of aliphatic hydroxyl groups excluding tert-OH is 1. The van der Waals surface area contributed by atoms with E-state index in [1.807, 2.05) is 47.3 Å². The van der Waals surface area contributed by atoms with E-state index in [1.165, 1.54) is 4.90 Å². The van der Waals surface area contributed by atoms with Crippen molar-refractivity contribution in [3.8, 4) is 6.07 Å². The minimum atomic E-state index is -0.267. The van der Waals surface area contributed by atoms with Crippen LogP contribution in [0.2, 0.25) is 0 Å². The minimum Gasteiger partial charge on any atom is -0.395 e. The summed E-state index contributed by atoms with van der Waals surface area (Å²) in [4.78, 5) is 16.9. The molecule has 1 amide bonds. The van der Waals surface area contributed by atoms with Crippen molar-refractivity contribution in [2.45, 2.75) is 13.1 Å². The lowest BCUT2D eigenvalue weighted by atomic mass is 10.2. The van der Waals surface area contributed by atoms with E-state index in [9.17, 15) is 9.90 Å². The lowest BCUT2D eigenvalue weighted by Gasteiger charge is -2.20. The molecule has 132 valence electrons. The summed E-state index contributed by atoms with van der Waals surface area (Å²) in [6, 6.07) is 15.1. The van der Waals surface area contributed by atoms with Crippen molar-refractivity contribution in [1.82, 2.24) is 19.7 Å². The van der Waals surface area contributed by atoms with Gasteiger partial charge in [0.05, 0.1) is 19.3 Å². The lowest BCUT2D eigenvalue weighted by molar-refractivity contribution is 0.0702. The van der Waals surface area contributed by atoms with E-state index in [4.69, 9.17) is 5.26 Å². The maximum Gasteiger partial charge on any atom is 0.270 e. The van der Waals surface area contributed by atoms with E-state index in [0.717, 1.165) is 11.1 Å². The molecular formula is C19H19N5O2. The third-order valence-corrected chi connectivity index (χ3v) is 3.94. The Morgan fingerprint density at radius 3 is 2.73 bits per heavy atom. The number of aromatic nitrogens is 3. The highest BCUT2D eigenvalue weighted by Gasteiger charge is 2.18. The Bertz CT molecular complexity index is 907. The predicted molar refractivity (Wildman–Crippen MR) is 95.1 cm³/mol. The van der Waals surface area contributed by atoms with Crippen LogP contribution in [0.4, 0.5) is 0 Å². The van der Waals surface area contributed by atoms with Crippen molar-refractivity contribution in [2.75, 3.05) is 13.2 Å². The van der Waals surface area contributed by atoms with Crippen LogP contribution >= 0.6 is 0 Å². The van der Waals surface area contributed by atoms with Gasteiger partial charge in [0.1, 0.15) is 17.5 Å². The first-order chi connectivity index (χ1) is 12.7. The number of hydrogen-bond donors (Lipinski definition) is 2. The van der Waals surface area contributed by atoms with Crippen LogP contribution in [0.25, 0.3) is 0 Å². The molecule has 7 nitrogen and oxygen atoms in total. The molecule has 2 heterocycles. The molecule has 1 aromatic carbocycles. The third-order valence-electron chi connectivity index (χ3n) is 3.94. The Hall–Kier alpha value is -3.37. The smallest absolute Gasteiger partial charge is 0.270 e. The second-order valence-electron chi connectivity index (χ2n) is 5.88. The van der Waals surface area contributed by atoms with Gasteiger partial charge in [-0.15, -0.1) is 0 Å². The number of aliphatic hydroxyl groups is 1. The van der Waals surface area contributed by atoms with Gasteiger partial charge in [0.25, 0.3) is 5.91 Å². The molecular weight excluding hydrogens is 330 g/mol. The number of nitrogens with zero attached hydrogens (tertiary/aromatic N) is 4. The Labute approximate surface area is 151 Å². The summed E-state index contributed by atoms with van der Waals surface area (Å²) >= 11 is 0. The molecule has 2 aromatic heterocycles. The molecule has 0 radical (unpaired) electrons. The van der Waals surface area contributed by atoms with E-state index in [0.29, 0.717) is 24.5 Å². The molecule has 0 aliphatic rings. The van der Waals surface area contributed by atoms with Crippen LogP contribution in [-0.4, -0.2) is 43.8 Å². The van der Waals surface area contributed by atoms with Crippen molar-refractivity contribution < 1.29 is 9.90 Å². The SMILES string of the molecule is N#Cc1ccc(C(=O)N(CCO)Cc2cnn(Cc3ccccc3)c2)[nH]1. The number of benzene rings is 1. The molecule has 0 bridgehead atoms. The third kappa shape index (κ3) is 4.18. The molecule has 0 spiro atoms. The second kappa shape index (κ2) is 8.14. The zero-order chi connectivity index (χ0) is 18.4. The van der Waals surface area contributed by atoms with E-state index >= 15 is 0 Å². The summed E-state index contributed by atoms with van der Waals surface area (Å²) in [5.41, 5.74) is 2.66. The van der Waals surface area contributed by atoms with E-state index in [1.54, 1.807) is 18.3 Å². The number of amides is 1. The molecule has 2 N–H and O–H groups in total. The van der Waals surface area contributed by atoms with Crippen LogP contribution in [0.3, 0.4) is 0 Å². The van der Waals surface area contributed by atoms with Crippen LogP contribution in [0.1, 0.15) is 27.3 Å². The quantitative estimate of drug-likeness (QED) is 0.679. The summed E-state index contributed by atoms with van der Waals surface area (Å²) in [5, 5.41) is 22.5. The van der Waals surface area contributed by atoms with E-state index < -0.39 is 0 Å². The number of nitrogens with one attached hydrogen (secondary N) is 1. The summed E-state index contributed by atoms with van der Waals surface area (Å²) in [5.74, 6) is -0.267. The molecule has 0 aliphatic heterocycles. The summed E-state index contributed by atoms with van der Waals surface area (Å²) < 4.78 is 1.81. The number of carbonyl (C=O) groups is 1. The Balaban J connectivity index is 1.70. The molecule has 0 unspecified atom stereocenters. The first kappa shape index (κ1) is 17.5. The van der Waals surface area contributed by atoms with Gasteiger partial charge in [-0.3, -0.25) is 9.48 Å². The lowest BCUT2D eigenvalue weighted by Crippen LogP contribution is -2.33. The maximum atomic E-state index is 12.6. The first-order valence-corrected chi connectivity index (χ1v) is 8.24. The van der Waals surface area contributed by atoms with Gasteiger partial charge in [-0.25, -0.2) is 0 Å². The summed E-state index contributed by atoms with van der Waals surface area (Å²) in [7, 11) is 0. The maximum absolute atomic E-state index is 12.6. The number of H-pyrrole nitrogens is 1. The van der Waals surface area contributed by atoms with Crippen molar-refractivity contribution in [3.63, 3.8) is 0 Å². The van der Waals surface area contributed by atoms with Gasteiger partial charge in [0, 0.05) is 24.8 Å². The predicted octanol–water partition coefficient (Wildman–Crippen LogP) is 1.77. The van der Waals surface area contributed by atoms with Crippen LogP contribution in [0, 0.1) is 11.3 Å². The number of rotatable bonds is 7. The van der Waals surface area contributed by atoms with Crippen molar-refractivity contribution >= 4 is 5.91 Å². The number of aromatic amines is 1. The topological polar surface area (TPSA) is 97.9 Å². The van der Waals surface area contributed by atoms with Gasteiger partial charge >= 0.3 is 0 Å². The fraction of sp³-hybridized carbons (Fsp3) is 0.211. The molecule has 0 saturated carbocycles. The zero-order valence-electron chi connectivity index (χ0n) is 14.2. The molecule has 0 saturated heterocycles. The number of hydrogen-bond acceptors (Lipinski definition) is 4. The van der Waals surface area contributed by atoms with Gasteiger partial charge in [-0.05, 0) is 17.7 Å². The molecule has 0 aliphatic carbocycles. The van der Waals surface area contributed by atoms with Gasteiger partial charge in [0.15, 0.2) is 0 Å². The second-order valence-corrected chi connectivity index (χ2v) is 5.88. The average molecular weight is 349 g/mol. The minimum absolute atomic E-state index is 0.143. The van der Waals surface area contributed by atoms with Crippen molar-refractivity contribution in [3.05, 3.63) is 77.4 Å². The van der Waals surface area contributed by atoms with Gasteiger partial charge in [-0.1, -0.05) is 30.3 Å². The zero-order valence-corrected chi connectivity index (χ0v) is 14.2. The fourth-order valence-corrected chi connectivity index (χ4v) is 2.69. The van der Waals surface area contributed by atoms with Gasteiger partial charge in [0.2, 0.25) is 0 Å². The Kier molecular flexibility index (Phi) is 5.46. The molecule has 3 aromatic rings. The van der Waals surface area contributed by atoms with E-state index in [-0.39, 0.29) is 19.1 Å².